The van der Waals surface area contributed by atoms with Crippen molar-refractivity contribution >= 4 is 5.91 Å². The standard InChI is InChI=1S/C10H14N2O2/c11-8(9-2-1-5-14-9)6-10(13)12-7-3-4-7/h1-2,5,7-8H,3-4,6,11H2,(H,12,13). The average molecular weight is 194 g/mol. The molecule has 1 aliphatic carbocycles. The summed E-state index contributed by atoms with van der Waals surface area (Å²) >= 11 is 0. The minimum absolute atomic E-state index is 0.0106. The molecule has 1 unspecified atom stereocenters. The van der Waals surface area contributed by atoms with E-state index in [0.717, 1.165) is 12.8 Å². The zero-order valence-corrected chi connectivity index (χ0v) is 7.90. The maximum Gasteiger partial charge on any atom is 0.222 e. The minimum atomic E-state index is -0.330. The molecule has 1 fully saturated rings. The largest absolute Gasteiger partial charge is 0.468 e. The maximum absolute atomic E-state index is 11.4. The summed E-state index contributed by atoms with van der Waals surface area (Å²) < 4.78 is 5.11. The zero-order valence-electron chi connectivity index (χ0n) is 7.90. The number of hydrogen-bond acceptors (Lipinski definition) is 3. The summed E-state index contributed by atoms with van der Waals surface area (Å²) in [6, 6.07) is 3.62. The molecule has 1 aliphatic rings. The molecule has 0 aromatic carbocycles. The van der Waals surface area contributed by atoms with E-state index in [9.17, 15) is 4.79 Å². The van der Waals surface area contributed by atoms with Gasteiger partial charge in [-0.05, 0) is 25.0 Å². The van der Waals surface area contributed by atoms with Crippen LogP contribution in [0.2, 0.25) is 0 Å². The zero-order chi connectivity index (χ0) is 9.97. The van der Waals surface area contributed by atoms with E-state index in [1.54, 1.807) is 18.4 Å². The molecule has 0 spiro atoms. The van der Waals surface area contributed by atoms with E-state index in [1.807, 2.05) is 0 Å². The van der Waals surface area contributed by atoms with Crippen LogP contribution in [0.5, 0.6) is 0 Å². The highest BCUT2D eigenvalue weighted by Crippen LogP contribution is 2.20. The van der Waals surface area contributed by atoms with E-state index in [2.05, 4.69) is 5.32 Å². The summed E-state index contributed by atoms with van der Waals surface area (Å²) in [4.78, 5) is 11.4. The van der Waals surface area contributed by atoms with Crippen LogP contribution in [0.3, 0.4) is 0 Å². The van der Waals surface area contributed by atoms with E-state index >= 15 is 0 Å². The van der Waals surface area contributed by atoms with Gasteiger partial charge in [-0.2, -0.15) is 0 Å². The quantitative estimate of drug-likeness (QED) is 0.749. The van der Waals surface area contributed by atoms with Crippen molar-refractivity contribution in [2.45, 2.75) is 31.3 Å². The summed E-state index contributed by atoms with van der Waals surface area (Å²) in [6.07, 6.45) is 4.06. The van der Waals surface area contributed by atoms with Crippen LogP contribution in [-0.4, -0.2) is 11.9 Å². The minimum Gasteiger partial charge on any atom is -0.468 e. The molecule has 76 valence electrons. The summed E-state index contributed by atoms with van der Waals surface area (Å²) in [7, 11) is 0. The van der Waals surface area contributed by atoms with Gasteiger partial charge in [0.15, 0.2) is 0 Å². The number of furan rings is 1. The van der Waals surface area contributed by atoms with Gasteiger partial charge in [0.25, 0.3) is 0 Å². The lowest BCUT2D eigenvalue weighted by atomic mass is 10.1. The monoisotopic (exact) mass is 194 g/mol. The molecule has 0 saturated heterocycles. The number of hydrogen-bond donors (Lipinski definition) is 2. The van der Waals surface area contributed by atoms with Crippen LogP contribution in [0.1, 0.15) is 31.1 Å². The number of nitrogens with two attached hydrogens (primary N) is 1. The second kappa shape index (κ2) is 3.84. The van der Waals surface area contributed by atoms with Gasteiger partial charge in [-0.1, -0.05) is 0 Å². The number of rotatable bonds is 4. The van der Waals surface area contributed by atoms with Gasteiger partial charge in [-0.15, -0.1) is 0 Å². The Hall–Kier alpha value is -1.29. The SMILES string of the molecule is NC(CC(=O)NC1CC1)c1ccco1. The Morgan fingerprint density at radius 3 is 3.07 bits per heavy atom. The van der Waals surface area contributed by atoms with Gasteiger partial charge in [-0.3, -0.25) is 4.79 Å². The summed E-state index contributed by atoms with van der Waals surface area (Å²) in [5, 5.41) is 2.89. The van der Waals surface area contributed by atoms with Gasteiger partial charge in [0.05, 0.1) is 12.3 Å². The van der Waals surface area contributed by atoms with Gasteiger partial charge in [-0.25, -0.2) is 0 Å². The smallest absolute Gasteiger partial charge is 0.222 e. The lowest BCUT2D eigenvalue weighted by Crippen LogP contribution is -2.28. The maximum atomic E-state index is 11.4. The van der Waals surface area contributed by atoms with Crippen molar-refractivity contribution in [2.75, 3.05) is 0 Å². The first-order chi connectivity index (χ1) is 6.75. The molecule has 1 atom stereocenters. The third-order valence-corrected chi connectivity index (χ3v) is 2.26. The molecular weight excluding hydrogens is 180 g/mol. The Balaban J connectivity index is 1.81. The summed E-state index contributed by atoms with van der Waals surface area (Å²) in [5.41, 5.74) is 5.78. The average Bonchev–Trinajstić information content (AvgIpc) is 2.80. The van der Waals surface area contributed by atoms with Crippen LogP contribution in [0.25, 0.3) is 0 Å². The van der Waals surface area contributed by atoms with Gasteiger partial charge < -0.3 is 15.5 Å². The fourth-order valence-electron chi connectivity index (χ4n) is 1.32. The normalized spacial score (nSPS) is 17.8. The molecule has 3 N–H and O–H groups in total. The van der Waals surface area contributed by atoms with Gasteiger partial charge in [0, 0.05) is 12.5 Å². The van der Waals surface area contributed by atoms with Crippen LogP contribution < -0.4 is 11.1 Å². The van der Waals surface area contributed by atoms with E-state index in [1.165, 1.54) is 0 Å². The lowest BCUT2D eigenvalue weighted by molar-refractivity contribution is -0.121. The molecule has 1 heterocycles. The van der Waals surface area contributed by atoms with E-state index < -0.39 is 0 Å². The Labute approximate surface area is 82.5 Å². The van der Waals surface area contributed by atoms with Crippen molar-refractivity contribution in [3.8, 4) is 0 Å². The first-order valence-electron chi connectivity index (χ1n) is 4.84. The summed E-state index contributed by atoms with van der Waals surface area (Å²) in [6.45, 7) is 0. The number of carbonyl (C=O) groups excluding carboxylic acids is 1. The molecule has 4 nitrogen and oxygen atoms in total. The molecule has 1 saturated carbocycles. The molecule has 0 radical (unpaired) electrons. The first-order valence-corrected chi connectivity index (χ1v) is 4.84. The second-order valence-corrected chi connectivity index (χ2v) is 3.67. The highest BCUT2D eigenvalue weighted by atomic mass is 16.3. The molecule has 0 bridgehead atoms. The van der Waals surface area contributed by atoms with E-state index in [-0.39, 0.29) is 11.9 Å². The fourth-order valence-corrected chi connectivity index (χ4v) is 1.32. The third kappa shape index (κ3) is 2.35. The van der Waals surface area contributed by atoms with Gasteiger partial charge >= 0.3 is 0 Å². The molecule has 0 aliphatic heterocycles. The van der Waals surface area contributed by atoms with Gasteiger partial charge in [0.2, 0.25) is 5.91 Å². The molecule has 1 aromatic heterocycles. The van der Waals surface area contributed by atoms with Crippen molar-refractivity contribution in [1.82, 2.24) is 5.32 Å². The van der Waals surface area contributed by atoms with Crippen molar-refractivity contribution in [1.29, 1.82) is 0 Å². The van der Waals surface area contributed by atoms with Crippen LogP contribution in [-0.2, 0) is 4.79 Å². The molecule has 4 heteroatoms. The van der Waals surface area contributed by atoms with Crippen molar-refractivity contribution in [2.24, 2.45) is 5.73 Å². The second-order valence-electron chi connectivity index (χ2n) is 3.67. The van der Waals surface area contributed by atoms with E-state index in [0.29, 0.717) is 18.2 Å². The molecule has 1 amide bonds. The number of nitrogens with one attached hydrogen (secondary N) is 1. The van der Waals surface area contributed by atoms with Crippen LogP contribution in [0.15, 0.2) is 22.8 Å². The van der Waals surface area contributed by atoms with Crippen LogP contribution >= 0.6 is 0 Å². The van der Waals surface area contributed by atoms with Crippen LogP contribution in [0, 0.1) is 0 Å². The molecule has 2 rings (SSSR count). The number of amides is 1. The number of carbonyl (C=O) groups is 1. The predicted octanol–water partition coefficient (Wildman–Crippen LogP) is 0.948. The predicted molar refractivity (Wildman–Crippen MR) is 51.4 cm³/mol. The van der Waals surface area contributed by atoms with E-state index in [4.69, 9.17) is 10.2 Å². The Morgan fingerprint density at radius 1 is 1.71 bits per heavy atom. The van der Waals surface area contributed by atoms with Crippen molar-refractivity contribution in [3.63, 3.8) is 0 Å². The Morgan fingerprint density at radius 2 is 2.50 bits per heavy atom. The molecular formula is C10H14N2O2. The lowest BCUT2D eigenvalue weighted by Gasteiger charge is -2.08. The van der Waals surface area contributed by atoms with Gasteiger partial charge in [0.1, 0.15) is 5.76 Å². The topological polar surface area (TPSA) is 68.3 Å². The Kier molecular flexibility index (Phi) is 2.54. The molecule has 1 aromatic rings. The molecule has 14 heavy (non-hydrogen) atoms. The van der Waals surface area contributed by atoms with Crippen molar-refractivity contribution in [3.05, 3.63) is 24.2 Å². The third-order valence-electron chi connectivity index (χ3n) is 2.26. The highest BCUT2D eigenvalue weighted by molar-refractivity contribution is 5.77. The Bertz CT molecular complexity index is 304. The first kappa shape index (κ1) is 9.27. The van der Waals surface area contributed by atoms with Crippen LogP contribution in [0.4, 0.5) is 0 Å². The highest BCUT2D eigenvalue weighted by Gasteiger charge is 2.24. The fraction of sp³-hybridized carbons (Fsp3) is 0.500. The summed E-state index contributed by atoms with van der Waals surface area (Å²) in [5.74, 6) is 0.673. The van der Waals surface area contributed by atoms with Crippen molar-refractivity contribution < 1.29 is 9.21 Å².